The first-order valence-electron chi connectivity index (χ1n) is 7.73. The minimum absolute atomic E-state index is 0.0143. The van der Waals surface area contributed by atoms with Crippen LogP contribution in [-0.2, 0) is 4.79 Å². The number of benzene rings is 1. The van der Waals surface area contributed by atoms with Crippen LogP contribution in [0.4, 0.5) is 0 Å². The molecule has 25 heavy (non-hydrogen) atoms. The second-order valence-corrected chi connectivity index (χ2v) is 6.61. The Morgan fingerprint density at radius 1 is 1.32 bits per heavy atom. The topological polar surface area (TPSA) is 152 Å². The van der Waals surface area contributed by atoms with Gasteiger partial charge in [0, 0.05) is 21.9 Å². The van der Waals surface area contributed by atoms with E-state index in [9.17, 15) is 9.59 Å². The number of hydrogen-bond acceptors (Lipinski definition) is 3. The van der Waals surface area contributed by atoms with Crippen LogP contribution in [0.1, 0.15) is 28.9 Å². The summed E-state index contributed by atoms with van der Waals surface area (Å²) in [5.74, 6) is -0.996. The summed E-state index contributed by atoms with van der Waals surface area (Å²) < 4.78 is 0.920. The standard InChI is InChI=1S/C16H21BrN6O2/c1-8-10-7-9(17)4-5-11(10)22-13(8)15(25)23-12(14(18)24)3-2-6-21-16(19)20/h4-5,7,12,22H,2-3,6H2,1H3,(H2,18,24)(H,23,25)(H4,19,20,21)/t12-/m0/s1. The molecule has 0 fully saturated rings. The van der Waals surface area contributed by atoms with Crippen molar-refractivity contribution in [3.05, 3.63) is 33.9 Å². The van der Waals surface area contributed by atoms with E-state index in [1.54, 1.807) is 0 Å². The average molecular weight is 409 g/mol. The van der Waals surface area contributed by atoms with Crippen molar-refractivity contribution in [2.75, 3.05) is 6.54 Å². The smallest absolute Gasteiger partial charge is 0.268 e. The number of aromatic amines is 1. The summed E-state index contributed by atoms with van der Waals surface area (Å²) in [6, 6.07) is 4.90. The second-order valence-electron chi connectivity index (χ2n) is 5.69. The van der Waals surface area contributed by atoms with Crippen molar-refractivity contribution < 1.29 is 9.59 Å². The van der Waals surface area contributed by atoms with E-state index >= 15 is 0 Å². The lowest BCUT2D eigenvalue weighted by Gasteiger charge is -2.14. The van der Waals surface area contributed by atoms with Crippen LogP contribution in [0.15, 0.2) is 27.7 Å². The zero-order valence-corrected chi connectivity index (χ0v) is 15.4. The molecule has 0 saturated heterocycles. The number of aromatic nitrogens is 1. The molecule has 0 aliphatic rings. The fourth-order valence-corrected chi connectivity index (χ4v) is 2.91. The van der Waals surface area contributed by atoms with Crippen molar-refractivity contribution in [2.24, 2.45) is 22.2 Å². The SMILES string of the molecule is Cc1c(C(=O)N[C@@H](CCCN=C(N)N)C(N)=O)[nH]c2ccc(Br)cc12. The monoisotopic (exact) mass is 408 g/mol. The molecule has 2 rings (SSSR count). The predicted molar refractivity (Wildman–Crippen MR) is 101 cm³/mol. The number of nitrogens with zero attached hydrogens (tertiary/aromatic N) is 1. The largest absolute Gasteiger partial charge is 0.370 e. The normalized spacial score (nSPS) is 11.9. The third-order valence-electron chi connectivity index (χ3n) is 3.84. The molecule has 1 aromatic heterocycles. The van der Waals surface area contributed by atoms with Gasteiger partial charge in [0.25, 0.3) is 5.91 Å². The number of carbonyl (C=O) groups excluding carboxylic acids is 2. The minimum atomic E-state index is -0.792. The fraction of sp³-hybridized carbons (Fsp3) is 0.312. The van der Waals surface area contributed by atoms with Crippen molar-refractivity contribution in [1.82, 2.24) is 10.3 Å². The predicted octanol–water partition coefficient (Wildman–Crippen LogP) is 0.876. The third kappa shape index (κ3) is 4.72. The zero-order valence-electron chi connectivity index (χ0n) is 13.8. The summed E-state index contributed by atoms with van der Waals surface area (Å²) in [4.78, 5) is 31.1. The molecule has 1 aromatic carbocycles. The van der Waals surface area contributed by atoms with Gasteiger partial charge >= 0.3 is 0 Å². The Morgan fingerprint density at radius 3 is 2.68 bits per heavy atom. The Balaban J connectivity index is 2.11. The highest BCUT2D eigenvalue weighted by Gasteiger charge is 2.21. The Kier molecular flexibility index (Phi) is 6.02. The van der Waals surface area contributed by atoms with Crippen LogP contribution in [0.25, 0.3) is 10.9 Å². The lowest BCUT2D eigenvalue weighted by molar-refractivity contribution is -0.120. The van der Waals surface area contributed by atoms with Crippen LogP contribution in [0, 0.1) is 6.92 Å². The maximum Gasteiger partial charge on any atom is 0.268 e. The van der Waals surface area contributed by atoms with Gasteiger partial charge in [0.15, 0.2) is 5.96 Å². The van der Waals surface area contributed by atoms with Crippen molar-refractivity contribution in [1.29, 1.82) is 0 Å². The molecular formula is C16H21BrN6O2. The number of nitrogens with one attached hydrogen (secondary N) is 2. The second kappa shape index (κ2) is 8.02. The number of nitrogens with two attached hydrogens (primary N) is 3. The van der Waals surface area contributed by atoms with Crippen molar-refractivity contribution >= 4 is 44.6 Å². The van der Waals surface area contributed by atoms with E-state index in [1.165, 1.54) is 0 Å². The van der Waals surface area contributed by atoms with Gasteiger partial charge in [-0.2, -0.15) is 0 Å². The number of primary amides is 1. The molecule has 8 N–H and O–H groups in total. The lowest BCUT2D eigenvalue weighted by Crippen LogP contribution is -2.44. The molecule has 0 saturated carbocycles. The van der Waals surface area contributed by atoms with E-state index < -0.39 is 11.9 Å². The molecular weight excluding hydrogens is 388 g/mol. The molecule has 134 valence electrons. The number of halogens is 1. The van der Waals surface area contributed by atoms with Crippen LogP contribution in [0.5, 0.6) is 0 Å². The molecule has 2 amide bonds. The van der Waals surface area contributed by atoms with E-state index in [0.29, 0.717) is 25.1 Å². The van der Waals surface area contributed by atoms with Gasteiger partial charge in [0.1, 0.15) is 11.7 Å². The van der Waals surface area contributed by atoms with Gasteiger partial charge in [-0.25, -0.2) is 0 Å². The maximum absolute atomic E-state index is 12.5. The first kappa shape index (κ1) is 18.8. The number of fused-ring (bicyclic) bond motifs is 1. The fourth-order valence-electron chi connectivity index (χ4n) is 2.55. The van der Waals surface area contributed by atoms with Crippen LogP contribution < -0.4 is 22.5 Å². The lowest BCUT2D eigenvalue weighted by atomic mass is 10.1. The maximum atomic E-state index is 12.5. The highest BCUT2D eigenvalue weighted by Crippen LogP contribution is 2.25. The summed E-state index contributed by atoms with van der Waals surface area (Å²) in [6.07, 6.45) is 0.868. The quantitative estimate of drug-likeness (QED) is 0.262. The average Bonchev–Trinajstić information content (AvgIpc) is 2.86. The molecule has 2 aromatic rings. The summed E-state index contributed by atoms with van der Waals surface area (Å²) >= 11 is 3.41. The zero-order chi connectivity index (χ0) is 18.6. The van der Waals surface area contributed by atoms with E-state index in [4.69, 9.17) is 17.2 Å². The molecule has 8 nitrogen and oxygen atoms in total. The summed E-state index contributed by atoms with van der Waals surface area (Å²) in [7, 11) is 0. The Hall–Kier alpha value is -2.55. The number of hydrogen-bond donors (Lipinski definition) is 5. The minimum Gasteiger partial charge on any atom is -0.370 e. The van der Waals surface area contributed by atoms with Gasteiger partial charge in [-0.05, 0) is 43.5 Å². The molecule has 1 heterocycles. The van der Waals surface area contributed by atoms with E-state index in [2.05, 4.69) is 31.2 Å². The number of aliphatic imine (C=N–C) groups is 1. The van der Waals surface area contributed by atoms with Gasteiger partial charge in [0.2, 0.25) is 5.91 Å². The highest BCUT2D eigenvalue weighted by molar-refractivity contribution is 9.10. The van der Waals surface area contributed by atoms with Gasteiger partial charge < -0.3 is 27.5 Å². The van der Waals surface area contributed by atoms with Crippen LogP contribution in [0.3, 0.4) is 0 Å². The molecule has 0 unspecified atom stereocenters. The molecule has 9 heteroatoms. The number of carbonyl (C=O) groups is 2. The number of guanidine groups is 1. The first-order chi connectivity index (χ1) is 11.8. The number of H-pyrrole nitrogens is 1. The number of rotatable bonds is 7. The van der Waals surface area contributed by atoms with Gasteiger partial charge in [-0.1, -0.05) is 15.9 Å². The Bertz CT molecular complexity index is 825. The molecule has 0 bridgehead atoms. The third-order valence-corrected chi connectivity index (χ3v) is 4.33. The van der Waals surface area contributed by atoms with E-state index in [1.807, 2.05) is 25.1 Å². The molecule has 1 atom stereocenters. The molecule has 0 aliphatic heterocycles. The summed E-state index contributed by atoms with van der Waals surface area (Å²) in [6.45, 7) is 2.21. The summed E-state index contributed by atoms with van der Waals surface area (Å²) in [5.41, 5.74) is 17.9. The molecule has 0 radical (unpaired) electrons. The van der Waals surface area contributed by atoms with Crippen molar-refractivity contribution in [3.8, 4) is 0 Å². The Morgan fingerprint density at radius 2 is 2.04 bits per heavy atom. The first-order valence-corrected chi connectivity index (χ1v) is 8.52. The van der Waals surface area contributed by atoms with Crippen LogP contribution >= 0.6 is 15.9 Å². The Labute approximate surface area is 153 Å². The number of aryl methyl sites for hydroxylation is 1. The molecule has 0 aliphatic carbocycles. The molecule has 0 spiro atoms. The highest BCUT2D eigenvalue weighted by atomic mass is 79.9. The van der Waals surface area contributed by atoms with Crippen LogP contribution in [-0.4, -0.2) is 35.3 Å². The van der Waals surface area contributed by atoms with Gasteiger partial charge in [-0.3, -0.25) is 14.6 Å². The number of amides is 2. The van der Waals surface area contributed by atoms with Gasteiger partial charge in [0.05, 0.1) is 0 Å². The van der Waals surface area contributed by atoms with Gasteiger partial charge in [-0.15, -0.1) is 0 Å². The van der Waals surface area contributed by atoms with Crippen LogP contribution in [0.2, 0.25) is 0 Å². The summed E-state index contributed by atoms with van der Waals surface area (Å²) in [5, 5.41) is 3.60. The van der Waals surface area contributed by atoms with E-state index in [0.717, 1.165) is 20.9 Å². The van der Waals surface area contributed by atoms with Crippen molar-refractivity contribution in [2.45, 2.75) is 25.8 Å². The van der Waals surface area contributed by atoms with Crippen molar-refractivity contribution in [3.63, 3.8) is 0 Å². The van der Waals surface area contributed by atoms with E-state index in [-0.39, 0.29) is 11.9 Å².